The predicted octanol–water partition coefficient (Wildman–Crippen LogP) is 5.59. The zero-order chi connectivity index (χ0) is 25.8. The van der Waals surface area contributed by atoms with E-state index in [1.165, 1.54) is 4.90 Å². The zero-order valence-electron chi connectivity index (χ0n) is 20.4. The summed E-state index contributed by atoms with van der Waals surface area (Å²) in [5, 5.41) is 11.3. The first-order chi connectivity index (χ1) is 18.0. The second-order valence-electron chi connectivity index (χ2n) is 9.00. The number of carbonyl (C=O) groups is 2. The minimum Gasteiger partial charge on any atom is -0.507 e. The van der Waals surface area contributed by atoms with E-state index >= 15 is 0 Å². The molecule has 0 saturated carbocycles. The van der Waals surface area contributed by atoms with Gasteiger partial charge in [0.25, 0.3) is 11.7 Å². The Morgan fingerprint density at radius 3 is 2.38 bits per heavy atom. The lowest BCUT2D eigenvalue weighted by molar-refractivity contribution is -0.140. The smallest absolute Gasteiger partial charge is 0.295 e. The molecule has 0 radical (unpaired) electrons. The van der Waals surface area contributed by atoms with Gasteiger partial charge in [-0.2, -0.15) is 0 Å². The Morgan fingerprint density at radius 2 is 1.68 bits per heavy atom. The maximum atomic E-state index is 13.2. The third-order valence-electron chi connectivity index (χ3n) is 6.35. The normalized spacial score (nSPS) is 16.7. The molecule has 1 amide bonds. The van der Waals surface area contributed by atoms with Gasteiger partial charge in [-0.3, -0.25) is 14.6 Å². The van der Waals surface area contributed by atoms with Crippen molar-refractivity contribution in [3.8, 4) is 5.75 Å². The van der Waals surface area contributed by atoms with Gasteiger partial charge in [0.05, 0.1) is 11.6 Å². The summed E-state index contributed by atoms with van der Waals surface area (Å²) in [4.78, 5) is 31.9. The number of benzene rings is 3. The highest BCUT2D eigenvalue weighted by molar-refractivity contribution is 6.46. The van der Waals surface area contributed by atoms with E-state index in [4.69, 9.17) is 4.74 Å². The molecule has 37 heavy (non-hydrogen) atoms. The van der Waals surface area contributed by atoms with Gasteiger partial charge < -0.3 is 14.7 Å². The fourth-order valence-electron chi connectivity index (χ4n) is 4.55. The summed E-state index contributed by atoms with van der Waals surface area (Å²) in [6.07, 6.45) is 3.32. The maximum Gasteiger partial charge on any atom is 0.295 e. The van der Waals surface area contributed by atoms with Crippen molar-refractivity contribution in [2.75, 3.05) is 0 Å². The van der Waals surface area contributed by atoms with Crippen molar-refractivity contribution in [1.29, 1.82) is 0 Å². The van der Waals surface area contributed by atoms with Crippen molar-refractivity contribution in [2.45, 2.75) is 26.1 Å². The van der Waals surface area contributed by atoms with Crippen LogP contribution in [0.5, 0.6) is 5.75 Å². The average Bonchev–Trinajstić information content (AvgIpc) is 3.18. The fourth-order valence-corrected chi connectivity index (χ4v) is 4.55. The lowest BCUT2D eigenvalue weighted by atomic mass is 9.95. The molecule has 0 bridgehead atoms. The Kier molecular flexibility index (Phi) is 6.81. The van der Waals surface area contributed by atoms with Gasteiger partial charge in [0.2, 0.25) is 0 Å². The van der Waals surface area contributed by atoms with Crippen molar-refractivity contribution < 1.29 is 19.4 Å². The van der Waals surface area contributed by atoms with Gasteiger partial charge in [-0.25, -0.2) is 0 Å². The molecule has 0 spiro atoms. The van der Waals surface area contributed by atoms with Gasteiger partial charge in [-0.1, -0.05) is 66.2 Å². The molecule has 1 saturated heterocycles. The van der Waals surface area contributed by atoms with Gasteiger partial charge in [-0.05, 0) is 53.9 Å². The van der Waals surface area contributed by atoms with Crippen LogP contribution in [-0.2, 0) is 22.7 Å². The number of aryl methyl sites for hydroxylation is 1. The molecule has 2 heterocycles. The number of amides is 1. The Labute approximate surface area is 215 Å². The summed E-state index contributed by atoms with van der Waals surface area (Å²) in [5.41, 5.74) is 4.25. The maximum absolute atomic E-state index is 13.2. The highest BCUT2D eigenvalue weighted by Crippen LogP contribution is 2.40. The number of aromatic nitrogens is 1. The number of aliphatic hydroxyl groups is 1. The molecule has 6 heteroatoms. The van der Waals surface area contributed by atoms with E-state index in [1.54, 1.807) is 42.7 Å². The molecule has 1 aliphatic heterocycles. The molecule has 4 aromatic rings. The Hall–Kier alpha value is -4.71. The van der Waals surface area contributed by atoms with E-state index in [9.17, 15) is 14.7 Å². The summed E-state index contributed by atoms with van der Waals surface area (Å²) in [6.45, 7) is 2.64. The van der Waals surface area contributed by atoms with Crippen molar-refractivity contribution in [3.63, 3.8) is 0 Å². The third kappa shape index (κ3) is 5.14. The molecule has 184 valence electrons. The molecular formula is C31H26N2O4. The average molecular weight is 491 g/mol. The lowest BCUT2D eigenvalue weighted by Crippen LogP contribution is -2.29. The fraction of sp³-hybridized carbons (Fsp3) is 0.129. The molecule has 1 fully saturated rings. The van der Waals surface area contributed by atoms with E-state index < -0.39 is 17.7 Å². The van der Waals surface area contributed by atoms with Gasteiger partial charge >= 0.3 is 0 Å². The molecule has 1 N–H and O–H groups in total. The summed E-state index contributed by atoms with van der Waals surface area (Å²) in [7, 11) is 0. The minimum atomic E-state index is -0.723. The number of pyridine rings is 1. The summed E-state index contributed by atoms with van der Waals surface area (Å²) in [5.74, 6) is -0.951. The summed E-state index contributed by atoms with van der Waals surface area (Å²) in [6, 6.07) is 27.1. The minimum absolute atomic E-state index is 0.0634. The third-order valence-corrected chi connectivity index (χ3v) is 6.35. The lowest BCUT2D eigenvalue weighted by Gasteiger charge is -2.25. The van der Waals surface area contributed by atoms with Crippen molar-refractivity contribution >= 4 is 17.4 Å². The number of hydrogen-bond acceptors (Lipinski definition) is 5. The number of nitrogens with zero attached hydrogens (tertiary/aromatic N) is 2. The van der Waals surface area contributed by atoms with E-state index in [1.807, 2.05) is 61.5 Å². The number of ether oxygens (including phenoxy) is 1. The van der Waals surface area contributed by atoms with E-state index in [-0.39, 0.29) is 17.9 Å². The van der Waals surface area contributed by atoms with Crippen LogP contribution in [0.2, 0.25) is 0 Å². The Morgan fingerprint density at radius 1 is 0.919 bits per heavy atom. The topological polar surface area (TPSA) is 79.7 Å². The molecule has 3 aromatic carbocycles. The highest BCUT2D eigenvalue weighted by Gasteiger charge is 2.46. The monoisotopic (exact) mass is 490 g/mol. The molecule has 6 nitrogen and oxygen atoms in total. The molecule has 1 aliphatic rings. The van der Waals surface area contributed by atoms with E-state index in [2.05, 4.69) is 11.1 Å². The predicted molar refractivity (Wildman–Crippen MR) is 140 cm³/mol. The molecular weight excluding hydrogens is 464 g/mol. The number of aliphatic hydroxyl groups excluding tert-OH is 1. The summed E-state index contributed by atoms with van der Waals surface area (Å²) < 4.78 is 5.89. The van der Waals surface area contributed by atoms with Crippen molar-refractivity contribution in [2.24, 2.45) is 0 Å². The van der Waals surface area contributed by atoms with Crippen LogP contribution in [-0.4, -0.2) is 26.7 Å². The second-order valence-corrected chi connectivity index (χ2v) is 9.00. The number of hydrogen-bond donors (Lipinski definition) is 1. The van der Waals surface area contributed by atoms with Crippen LogP contribution in [0, 0.1) is 6.92 Å². The van der Waals surface area contributed by atoms with E-state index in [0.717, 1.165) is 22.3 Å². The SMILES string of the molecule is Cc1cccc(COc2ccc(C(O)=C3C(=O)C(=O)N(Cc4cccnc4)C3c3ccccc3)cc2)c1. The standard InChI is InChI=1S/C31H26N2O4/c1-21-7-5-8-22(17-21)20-37-26-14-12-25(13-15-26)29(34)27-28(24-10-3-2-4-11-24)33(31(36)30(27)35)19-23-9-6-16-32-18-23/h2-18,28,34H,19-20H2,1H3. The van der Waals surface area contributed by atoms with Crippen LogP contribution in [0.4, 0.5) is 0 Å². The van der Waals surface area contributed by atoms with Crippen molar-refractivity contribution in [1.82, 2.24) is 9.88 Å². The second kappa shape index (κ2) is 10.5. The first kappa shape index (κ1) is 24.0. The quantitative estimate of drug-likeness (QED) is 0.208. The number of likely N-dealkylation sites (tertiary alicyclic amines) is 1. The molecule has 5 rings (SSSR count). The Balaban J connectivity index is 1.45. The van der Waals surface area contributed by atoms with Crippen LogP contribution in [0.15, 0.2) is 109 Å². The molecule has 1 aromatic heterocycles. The first-order valence-electron chi connectivity index (χ1n) is 12.0. The van der Waals surface area contributed by atoms with Gasteiger partial charge in [0.15, 0.2) is 0 Å². The highest BCUT2D eigenvalue weighted by atomic mass is 16.5. The van der Waals surface area contributed by atoms with Crippen LogP contribution < -0.4 is 4.74 Å². The molecule has 1 atom stereocenters. The van der Waals surface area contributed by atoms with E-state index in [0.29, 0.717) is 17.9 Å². The number of ketones is 1. The summed E-state index contributed by atoms with van der Waals surface area (Å²) >= 11 is 0. The molecule has 1 unspecified atom stereocenters. The van der Waals surface area contributed by atoms with Crippen molar-refractivity contribution in [3.05, 3.63) is 137 Å². The number of Topliss-reactive ketones (excluding diaryl/α,β-unsaturated/α-hetero) is 1. The number of carbonyl (C=O) groups excluding carboxylic acids is 2. The number of rotatable bonds is 7. The largest absolute Gasteiger partial charge is 0.507 e. The van der Waals surface area contributed by atoms with Crippen LogP contribution >= 0.6 is 0 Å². The van der Waals surface area contributed by atoms with Gasteiger partial charge in [0.1, 0.15) is 18.1 Å². The van der Waals surface area contributed by atoms with Crippen LogP contribution in [0.3, 0.4) is 0 Å². The van der Waals surface area contributed by atoms with Gasteiger partial charge in [0, 0.05) is 24.5 Å². The zero-order valence-corrected chi connectivity index (χ0v) is 20.4. The van der Waals surface area contributed by atoms with Crippen LogP contribution in [0.25, 0.3) is 5.76 Å². The van der Waals surface area contributed by atoms with Gasteiger partial charge in [-0.15, -0.1) is 0 Å². The van der Waals surface area contributed by atoms with Crippen LogP contribution in [0.1, 0.15) is 33.9 Å². The first-order valence-corrected chi connectivity index (χ1v) is 12.0. The Bertz CT molecular complexity index is 1450. The molecule has 0 aliphatic carbocycles.